The first-order valence-electron chi connectivity index (χ1n) is 37.1. The smallest absolute Gasteiger partial charge is 0.317 e. The molecule has 36 nitrogen and oxygen atoms in total. The predicted octanol–water partition coefficient (Wildman–Crippen LogP) is -7.14. The molecule has 7 aliphatic heterocycles. The summed E-state index contributed by atoms with van der Waals surface area (Å²) < 4.78 is 83.0. The standard InChI is InChI=1S/C70H114O36/c1-26-37(77)43(83)54(104-57-50(90)52(28(76)23-93-57)101-58-46(86)41(81)38(78)29(20-72)96-58)61(95-26)99-32-24-94-56(45(85)40(32)80)100-36-12-13-66(6)33(65(36,4)5)11-14-67(7)34(66)9-10-35-68(67,8)16-18-69(17-15-64(2,3)25-70(35,69)92)63(91)106-60-48(88)44(84)53(31(22-74)98-60)103-62-55(49(89)51(102-62)27(75)19-71)105-59-47(87)42(82)39(79)30(21-73)97-59/h10,26-34,36-62,71-90,92H,9,11-25H2,1-8H3/t26-,27?,28-,29-,30-,31-,32-,33?,34?,36?,37-,38-,39-,40-,41-,42-,43-,44+,45-,46-,47-,48-,49+,50-,51-,52-,53+,54-,55-,56+,57+,58+,59+,60+,61+,62+,66+,67-,68?,69-,70-/m1/s1. The second-order valence-electron chi connectivity index (χ2n) is 33.9. The van der Waals surface area contributed by atoms with Crippen LogP contribution in [0, 0.1) is 44.3 Å². The molecule has 0 aromatic rings. The molecule has 36 heteroatoms. The van der Waals surface area contributed by atoms with Crippen molar-refractivity contribution in [3.05, 3.63) is 11.6 Å². The molecular formula is C70H114O36. The third kappa shape index (κ3) is 14.1. The summed E-state index contributed by atoms with van der Waals surface area (Å²) in [7, 11) is 0. The highest BCUT2D eigenvalue weighted by molar-refractivity contribution is 5.81. The number of rotatable bonds is 19. The van der Waals surface area contributed by atoms with Gasteiger partial charge >= 0.3 is 5.97 Å². The Morgan fingerprint density at radius 3 is 1.64 bits per heavy atom. The maximum Gasteiger partial charge on any atom is 0.317 e. The topological polar surface area (TPSA) is 571 Å². The number of hydrogen-bond acceptors (Lipinski definition) is 36. The van der Waals surface area contributed by atoms with Gasteiger partial charge in [-0.2, -0.15) is 0 Å². The van der Waals surface area contributed by atoms with E-state index in [2.05, 4.69) is 40.7 Å². The molecule has 610 valence electrons. The van der Waals surface area contributed by atoms with Gasteiger partial charge in [0.15, 0.2) is 37.7 Å². The molecule has 0 bridgehead atoms. The van der Waals surface area contributed by atoms with Gasteiger partial charge in [-0.05, 0) is 116 Å². The number of allylic oxidation sites excluding steroid dienone is 1. The number of hydrogen-bond donors (Lipinski definition) is 21. The first-order chi connectivity index (χ1) is 49.7. The molecule has 41 atom stereocenters. The second kappa shape index (κ2) is 31.2. The lowest BCUT2D eigenvalue weighted by Gasteiger charge is -2.72. The zero-order valence-corrected chi connectivity index (χ0v) is 60.7. The lowest BCUT2D eigenvalue weighted by molar-refractivity contribution is -0.384. The van der Waals surface area contributed by atoms with E-state index in [0.29, 0.717) is 50.5 Å². The Morgan fingerprint density at radius 2 is 1.02 bits per heavy atom. The monoisotopic (exact) mass is 1530 g/mol. The Balaban J connectivity index is 0.703. The third-order valence-corrected chi connectivity index (χ3v) is 27.0. The van der Waals surface area contributed by atoms with Crippen LogP contribution >= 0.6 is 0 Å². The molecule has 0 aromatic carbocycles. The van der Waals surface area contributed by atoms with Crippen molar-refractivity contribution >= 4 is 5.97 Å². The minimum Gasteiger partial charge on any atom is -0.432 e. The Morgan fingerprint density at radius 1 is 0.491 bits per heavy atom. The molecule has 7 heterocycles. The van der Waals surface area contributed by atoms with Crippen LogP contribution in [0.4, 0.5) is 0 Å². The summed E-state index contributed by atoms with van der Waals surface area (Å²) in [5, 5.41) is 231. The number of aliphatic hydroxyl groups is 21. The van der Waals surface area contributed by atoms with Crippen molar-refractivity contribution in [3.8, 4) is 0 Å². The van der Waals surface area contributed by atoms with E-state index in [1.807, 2.05) is 13.8 Å². The van der Waals surface area contributed by atoms with Crippen molar-refractivity contribution in [2.45, 2.75) is 334 Å². The highest BCUT2D eigenvalue weighted by atomic mass is 16.8. The zero-order chi connectivity index (χ0) is 77.4. The van der Waals surface area contributed by atoms with E-state index < -0.39 is 281 Å². The molecule has 21 N–H and O–H groups in total. The fourth-order valence-electron chi connectivity index (χ4n) is 20.5. The second-order valence-corrected chi connectivity index (χ2v) is 33.9. The summed E-state index contributed by atoms with van der Waals surface area (Å²) in [4.78, 5) is 15.4. The molecule has 12 aliphatic rings. The maximum absolute atomic E-state index is 15.4. The molecule has 0 amide bonds. The van der Waals surface area contributed by atoms with E-state index in [9.17, 15) is 107 Å². The molecule has 5 aliphatic carbocycles. The fraction of sp³-hybridized carbons (Fsp3) is 0.957. The van der Waals surface area contributed by atoms with Crippen LogP contribution in [-0.4, -0.2) is 367 Å². The van der Waals surface area contributed by atoms with Crippen LogP contribution in [0.1, 0.15) is 120 Å². The largest absolute Gasteiger partial charge is 0.432 e. The van der Waals surface area contributed by atoms with Crippen molar-refractivity contribution in [1.29, 1.82) is 0 Å². The molecule has 4 saturated carbocycles. The molecule has 7 saturated heterocycles. The Labute approximate surface area is 612 Å². The van der Waals surface area contributed by atoms with Gasteiger partial charge in [-0.3, -0.25) is 4.79 Å². The van der Waals surface area contributed by atoms with Crippen molar-refractivity contribution < 1.29 is 178 Å². The van der Waals surface area contributed by atoms with Crippen LogP contribution in [-0.2, 0) is 71.1 Å². The molecular weight excluding hydrogens is 1420 g/mol. The van der Waals surface area contributed by atoms with Crippen LogP contribution in [0.5, 0.6) is 0 Å². The van der Waals surface area contributed by atoms with Gasteiger partial charge in [-0.15, -0.1) is 0 Å². The maximum atomic E-state index is 15.4. The molecule has 106 heavy (non-hydrogen) atoms. The summed E-state index contributed by atoms with van der Waals surface area (Å²) in [6.07, 6.45) is -51.1. The highest BCUT2D eigenvalue weighted by Gasteiger charge is 2.75. The van der Waals surface area contributed by atoms with Crippen LogP contribution in [0.2, 0.25) is 0 Å². The minimum absolute atomic E-state index is 0.0183. The van der Waals surface area contributed by atoms with E-state index in [0.717, 1.165) is 0 Å². The van der Waals surface area contributed by atoms with Crippen LogP contribution in [0.25, 0.3) is 0 Å². The van der Waals surface area contributed by atoms with Crippen molar-refractivity contribution in [2.75, 3.05) is 39.6 Å². The number of esters is 1. The molecule has 5 unspecified atom stereocenters. The van der Waals surface area contributed by atoms with Gasteiger partial charge in [0, 0.05) is 0 Å². The van der Waals surface area contributed by atoms with E-state index in [-0.39, 0.29) is 43.1 Å². The summed E-state index contributed by atoms with van der Waals surface area (Å²) in [6, 6.07) is 0. The van der Waals surface area contributed by atoms with Crippen LogP contribution in [0.15, 0.2) is 11.6 Å². The molecule has 11 fully saturated rings. The van der Waals surface area contributed by atoms with Crippen molar-refractivity contribution in [2.24, 2.45) is 44.3 Å². The first kappa shape index (κ1) is 83.3. The van der Waals surface area contributed by atoms with E-state index in [4.69, 9.17) is 66.3 Å². The summed E-state index contributed by atoms with van der Waals surface area (Å²) >= 11 is 0. The number of aliphatic hydroxyl groups excluding tert-OH is 20. The minimum atomic E-state index is -2.10. The van der Waals surface area contributed by atoms with Gasteiger partial charge in [0.1, 0.15) is 164 Å². The lowest BCUT2D eigenvalue weighted by atomic mass is 9.33. The average molecular weight is 1530 g/mol. The third-order valence-electron chi connectivity index (χ3n) is 27.0. The van der Waals surface area contributed by atoms with Gasteiger partial charge in [-0.1, -0.05) is 54.5 Å². The zero-order valence-electron chi connectivity index (χ0n) is 60.7. The van der Waals surface area contributed by atoms with Gasteiger partial charge in [0.2, 0.25) is 6.29 Å². The van der Waals surface area contributed by atoms with E-state index in [1.54, 1.807) is 0 Å². The predicted molar refractivity (Wildman–Crippen MR) is 349 cm³/mol. The summed E-state index contributed by atoms with van der Waals surface area (Å²) in [6.45, 7) is 12.0. The molecule has 12 rings (SSSR count). The van der Waals surface area contributed by atoms with Crippen molar-refractivity contribution in [1.82, 2.24) is 0 Å². The Hall–Kier alpha value is -2.15. The van der Waals surface area contributed by atoms with E-state index in [1.165, 1.54) is 6.92 Å². The molecule has 0 radical (unpaired) electrons. The van der Waals surface area contributed by atoms with E-state index >= 15 is 4.79 Å². The number of carbonyl (C=O) groups is 1. The molecule has 0 spiro atoms. The number of ether oxygens (including phenoxy) is 14. The fourth-order valence-corrected chi connectivity index (χ4v) is 20.5. The number of carbonyl (C=O) groups excluding carboxylic acids is 1. The van der Waals surface area contributed by atoms with Gasteiger partial charge < -0.3 is 174 Å². The highest BCUT2D eigenvalue weighted by Crippen LogP contribution is 2.77. The Kier molecular flexibility index (Phi) is 24.5. The average Bonchev–Trinajstić information content (AvgIpc) is 0.667. The van der Waals surface area contributed by atoms with Gasteiger partial charge in [0.25, 0.3) is 0 Å². The lowest BCUT2D eigenvalue weighted by Crippen LogP contribution is -2.70. The van der Waals surface area contributed by atoms with Crippen LogP contribution in [0.3, 0.4) is 0 Å². The SMILES string of the molecule is C[C@H]1O[C@@H](O[C@@H]2CO[C@@H](OC3CC[C@@]4(C)C(CC[C@]5(C)C4CC=C4C5(C)CC[C@@]5(C(=O)O[C@@H]6O[C@H](CO)[C@H](O[C@@H]7O[C@H](C(O)CO)[C@H](O)[C@H]7O[C@@H]7O[C@H](CO)[C@@H](O)[C@@H](O)[C@H]7O)[C@@H](O)[C@H]6O)CCC(C)(C)C[C@@]45O)C3(C)C)[C@H](O)[C@@H]2O)[C@H](O[C@@H]2OC[C@@H](O)[C@@H](O[C@@H]3O[C@H](CO)[C@@H](O)[C@@H](O)[C@H]3O)[C@H]2O)[C@H](O)[C@@H]1O. The quantitative estimate of drug-likeness (QED) is 0.0325. The number of fused-ring (bicyclic) bond motifs is 7. The van der Waals surface area contributed by atoms with Gasteiger partial charge in [0.05, 0.1) is 51.8 Å². The van der Waals surface area contributed by atoms with Crippen molar-refractivity contribution in [3.63, 3.8) is 0 Å². The first-order valence-corrected chi connectivity index (χ1v) is 37.1. The normalized spacial score (nSPS) is 54.0. The molecule has 0 aromatic heterocycles. The summed E-state index contributed by atoms with van der Waals surface area (Å²) in [5.74, 6) is -0.862. The van der Waals surface area contributed by atoms with Gasteiger partial charge in [-0.25, -0.2) is 0 Å². The Bertz CT molecular complexity index is 3020. The summed E-state index contributed by atoms with van der Waals surface area (Å²) in [5.41, 5.74) is -5.31. The van der Waals surface area contributed by atoms with Crippen LogP contribution < -0.4 is 0 Å².